The van der Waals surface area contributed by atoms with E-state index < -0.39 is 0 Å². The zero-order chi connectivity index (χ0) is 15.5. The predicted molar refractivity (Wildman–Crippen MR) is 85.0 cm³/mol. The summed E-state index contributed by atoms with van der Waals surface area (Å²) in [5.41, 5.74) is 1.52. The van der Waals surface area contributed by atoms with Crippen molar-refractivity contribution in [2.75, 3.05) is 24.7 Å². The third-order valence-corrected chi connectivity index (χ3v) is 4.04. The second-order valence-electron chi connectivity index (χ2n) is 5.40. The van der Waals surface area contributed by atoms with Crippen molar-refractivity contribution in [1.82, 2.24) is 14.5 Å². The lowest BCUT2D eigenvalue weighted by Crippen LogP contribution is -2.47. The van der Waals surface area contributed by atoms with Crippen molar-refractivity contribution in [1.29, 1.82) is 0 Å². The van der Waals surface area contributed by atoms with Crippen molar-refractivity contribution in [2.24, 2.45) is 7.05 Å². The van der Waals surface area contributed by atoms with E-state index in [2.05, 4.69) is 16.8 Å². The van der Waals surface area contributed by atoms with Gasteiger partial charge in [0.1, 0.15) is 0 Å². The number of anilines is 1. The van der Waals surface area contributed by atoms with Crippen LogP contribution in [0.5, 0.6) is 0 Å². The fourth-order valence-electron chi connectivity index (χ4n) is 2.71. The third-order valence-electron chi connectivity index (χ3n) is 4.04. The molecule has 0 N–H and O–H groups in total. The highest BCUT2D eigenvalue weighted by Crippen LogP contribution is 2.21. The molecule has 0 bridgehead atoms. The quantitative estimate of drug-likeness (QED) is 0.859. The third kappa shape index (κ3) is 2.74. The molecule has 3 heterocycles. The summed E-state index contributed by atoms with van der Waals surface area (Å²) < 4.78 is 7.15. The van der Waals surface area contributed by atoms with Crippen LogP contribution in [0.1, 0.15) is 13.3 Å². The van der Waals surface area contributed by atoms with E-state index in [1.54, 1.807) is 30.1 Å². The average Bonchev–Trinajstić information content (AvgIpc) is 2.58. The summed E-state index contributed by atoms with van der Waals surface area (Å²) in [6.45, 7) is 4.20. The SMILES string of the molecule is CC[C@H]1COCCN1c1nc(-c2ccncc2)cc(=O)n1C. The Kier molecular flexibility index (Phi) is 4.20. The summed E-state index contributed by atoms with van der Waals surface area (Å²) in [6, 6.07) is 5.55. The Hall–Kier alpha value is -2.21. The highest BCUT2D eigenvalue weighted by Gasteiger charge is 2.25. The number of hydrogen-bond donors (Lipinski definition) is 0. The number of nitrogens with zero attached hydrogens (tertiary/aromatic N) is 4. The van der Waals surface area contributed by atoms with Crippen LogP contribution in [-0.2, 0) is 11.8 Å². The number of hydrogen-bond acceptors (Lipinski definition) is 5. The molecule has 0 aliphatic carbocycles. The minimum Gasteiger partial charge on any atom is -0.377 e. The highest BCUT2D eigenvalue weighted by atomic mass is 16.5. The molecule has 0 spiro atoms. The van der Waals surface area contributed by atoms with Gasteiger partial charge in [0.15, 0.2) is 0 Å². The van der Waals surface area contributed by atoms with Crippen LogP contribution in [0.3, 0.4) is 0 Å². The fraction of sp³-hybridized carbons (Fsp3) is 0.438. The van der Waals surface area contributed by atoms with Gasteiger partial charge in [0.25, 0.3) is 5.56 Å². The Balaban J connectivity index is 2.07. The van der Waals surface area contributed by atoms with E-state index in [0.717, 1.165) is 18.5 Å². The first-order valence-corrected chi connectivity index (χ1v) is 7.53. The van der Waals surface area contributed by atoms with Gasteiger partial charge in [-0.15, -0.1) is 0 Å². The molecule has 6 heteroatoms. The van der Waals surface area contributed by atoms with E-state index in [1.807, 2.05) is 12.1 Å². The summed E-state index contributed by atoms with van der Waals surface area (Å²) in [6.07, 6.45) is 4.37. The Morgan fingerprint density at radius 2 is 2.14 bits per heavy atom. The average molecular weight is 300 g/mol. The van der Waals surface area contributed by atoms with Crippen molar-refractivity contribution in [3.63, 3.8) is 0 Å². The van der Waals surface area contributed by atoms with E-state index in [1.165, 1.54) is 0 Å². The van der Waals surface area contributed by atoms with Crippen molar-refractivity contribution in [2.45, 2.75) is 19.4 Å². The number of ether oxygens (including phenoxy) is 1. The second kappa shape index (κ2) is 6.27. The summed E-state index contributed by atoms with van der Waals surface area (Å²) in [5, 5.41) is 0. The van der Waals surface area contributed by atoms with Gasteiger partial charge < -0.3 is 9.64 Å². The van der Waals surface area contributed by atoms with Crippen LogP contribution < -0.4 is 10.5 Å². The Morgan fingerprint density at radius 3 is 2.86 bits per heavy atom. The molecule has 3 rings (SSSR count). The van der Waals surface area contributed by atoms with E-state index in [-0.39, 0.29) is 11.6 Å². The molecule has 0 radical (unpaired) electrons. The first-order chi connectivity index (χ1) is 10.7. The molecule has 1 fully saturated rings. The lowest BCUT2D eigenvalue weighted by atomic mass is 10.1. The van der Waals surface area contributed by atoms with Crippen LogP contribution in [0.25, 0.3) is 11.3 Å². The van der Waals surface area contributed by atoms with Gasteiger partial charge in [0.2, 0.25) is 5.95 Å². The lowest BCUT2D eigenvalue weighted by molar-refractivity contribution is 0.0917. The molecule has 0 amide bonds. The predicted octanol–water partition coefficient (Wildman–Crippen LogP) is 1.46. The molecule has 116 valence electrons. The van der Waals surface area contributed by atoms with E-state index in [9.17, 15) is 4.79 Å². The molecule has 0 unspecified atom stereocenters. The monoisotopic (exact) mass is 300 g/mol. The van der Waals surface area contributed by atoms with Gasteiger partial charge >= 0.3 is 0 Å². The van der Waals surface area contributed by atoms with Gasteiger partial charge in [-0.05, 0) is 18.6 Å². The highest BCUT2D eigenvalue weighted by molar-refractivity contribution is 5.59. The first kappa shape index (κ1) is 14.7. The zero-order valence-corrected chi connectivity index (χ0v) is 12.9. The van der Waals surface area contributed by atoms with Gasteiger partial charge in [-0.3, -0.25) is 14.3 Å². The van der Waals surface area contributed by atoms with Crippen LogP contribution >= 0.6 is 0 Å². The van der Waals surface area contributed by atoms with Crippen molar-refractivity contribution < 1.29 is 4.74 Å². The summed E-state index contributed by atoms with van der Waals surface area (Å²) in [5.74, 6) is 0.703. The van der Waals surface area contributed by atoms with Gasteiger partial charge in [0, 0.05) is 37.6 Å². The van der Waals surface area contributed by atoms with Crippen molar-refractivity contribution in [3.05, 3.63) is 40.9 Å². The fourth-order valence-corrected chi connectivity index (χ4v) is 2.71. The van der Waals surface area contributed by atoms with E-state index in [0.29, 0.717) is 24.9 Å². The van der Waals surface area contributed by atoms with Crippen molar-refractivity contribution in [3.8, 4) is 11.3 Å². The Bertz CT molecular complexity index is 699. The number of pyridine rings is 1. The van der Waals surface area contributed by atoms with Gasteiger partial charge in [-0.25, -0.2) is 4.98 Å². The maximum absolute atomic E-state index is 12.3. The maximum Gasteiger partial charge on any atom is 0.255 e. The lowest BCUT2D eigenvalue weighted by Gasteiger charge is -2.36. The van der Waals surface area contributed by atoms with E-state index in [4.69, 9.17) is 9.72 Å². The molecule has 1 saturated heterocycles. The van der Waals surface area contributed by atoms with Crippen LogP contribution in [0.15, 0.2) is 35.4 Å². The molecular formula is C16H20N4O2. The smallest absolute Gasteiger partial charge is 0.255 e. The van der Waals surface area contributed by atoms with Gasteiger partial charge in [0.05, 0.1) is 24.9 Å². The van der Waals surface area contributed by atoms with Crippen molar-refractivity contribution >= 4 is 5.95 Å². The number of aromatic nitrogens is 3. The Labute approximate surface area is 129 Å². The maximum atomic E-state index is 12.3. The van der Waals surface area contributed by atoms with Gasteiger partial charge in [-0.2, -0.15) is 0 Å². The van der Waals surface area contributed by atoms with E-state index >= 15 is 0 Å². The molecular weight excluding hydrogens is 280 g/mol. The molecule has 22 heavy (non-hydrogen) atoms. The topological polar surface area (TPSA) is 60.2 Å². The summed E-state index contributed by atoms with van der Waals surface area (Å²) in [7, 11) is 1.77. The minimum atomic E-state index is -0.0573. The standard InChI is InChI=1S/C16H20N4O2/c1-3-13-11-22-9-8-20(13)16-18-14(10-15(21)19(16)2)12-4-6-17-7-5-12/h4-7,10,13H,3,8-9,11H2,1-2H3/t13-/m0/s1. The van der Waals surface area contributed by atoms with Crippen LogP contribution in [0.2, 0.25) is 0 Å². The normalized spacial score (nSPS) is 18.5. The summed E-state index contributed by atoms with van der Waals surface area (Å²) >= 11 is 0. The largest absolute Gasteiger partial charge is 0.377 e. The molecule has 1 aliphatic heterocycles. The Morgan fingerprint density at radius 1 is 1.36 bits per heavy atom. The molecule has 0 saturated carbocycles. The van der Waals surface area contributed by atoms with Crippen LogP contribution in [0, 0.1) is 0 Å². The number of rotatable bonds is 3. The molecule has 1 aliphatic rings. The molecule has 0 aromatic carbocycles. The molecule has 6 nitrogen and oxygen atoms in total. The minimum absolute atomic E-state index is 0.0573. The molecule has 1 atom stereocenters. The molecule has 2 aromatic rings. The van der Waals surface area contributed by atoms with Gasteiger partial charge in [-0.1, -0.05) is 6.92 Å². The van der Waals surface area contributed by atoms with Crippen LogP contribution in [-0.4, -0.2) is 40.3 Å². The zero-order valence-electron chi connectivity index (χ0n) is 12.9. The molecule has 2 aromatic heterocycles. The summed E-state index contributed by atoms with van der Waals surface area (Å²) in [4.78, 5) is 23.2. The second-order valence-corrected chi connectivity index (χ2v) is 5.40. The first-order valence-electron chi connectivity index (χ1n) is 7.53. The van der Waals surface area contributed by atoms with Crippen LogP contribution in [0.4, 0.5) is 5.95 Å². The number of morpholine rings is 1.